The first kappa shape index (κ1) is 13.5. The maximum atomic E-state index is 10.0. The van der Waals surface area contributed by atoms with E-state index in [1.54, 1.807) is 0 Å². The van der Waals surface area contributed by atoms with Crippen LogP contribution in [0.3, 0.4) is 0 Å². The number of rotatable bonds is 7. The summed E-state index contributed by atoms with van der Waals surface area (Å²) in [7, 11) is 0. The lowest BCUT2D eigenvalue weighted by atomic mass is 10.1. The Bertz CT molecular complexity index is 203. The monoisotopic (exact) mass is 260 g/mol. The summed E-state index contributed by atoms with van der Waals surface area (Å²) in [6.45, 7) is 0. The third-order valence-electron chi connectivity index (χ3n) is 1.88. The Morgan fingerprint density at radius 3 is 2.21 bits per heavy atom. The molecular weight excluding hydrogens is 244 g/mol. The maximum absolute atomic E-state index is 10.0. The van der Waals surface area contributed by atoms with Gasteiger partial charge in [-0.2, -0.15) is 0 Å². The Morgan fingerprint density at radius 2 is 1.64 bits per heavy atom. The second-order valence-electron chi connectivity index (χ2n) is 3.17. The van der Waals surface area contributed by atoms with Gasteiger partial charge in [-0.3, -0.25) is 0 Å². The summed E-state index contributed by atoms with van der Waals surface area (Å²) < 4.78 is 0. The van der Waals surface area contributed by atoms with Crippen molar-refractivity contribution in [2.24, 2.45) is 0 Å². The minimum atomic E-state index is -1.03. The van der Waals surface area contributed by atoms with Crippen LogP contribution in [0.5, 0.6) is 0 Å². The van der Waals surface area contributed by atoms with E-state index in [-0.39, 0.29) is 0 Å². The van der Waals surface area contributed by atoms with Crippen molar-refractivity contribution in [3.05, 3.63) is 0 Å². The highest BCUT2D eigenvalue weighted by Crippen LogP contribution is 2.07. The van der Waals surface area contributed by atoms with E-state index in [9.17, 15) is 4.79 Å². The Hall–Kier alpha value is -0.490. The van der Waals surface area contributed by atoms with E-state index in [0.29, 0.717) is 6.42 Å². The normalized spacial score (nSPS) is 9.21. The first-order valence-corrected chi connectivity index (χ1v) is 6.17. The molecule has 2 nitrogen and oxygen atoms in total. The van der Waals surface area contributed by atoms with Crippen molar-refractivity contribution in [2.75, 3.05) is 5.33 Å². The maximum Gasteiger partial charge on any atom is 0.381 e. The Morgan fingerprint density at radius 1 is 1.07 bits per heavy atom. The number of unbranched alkanes of at least 4 members (excludes halogenated alkanes) is 6. The molecule has 0 fully saturated rings. The highest BCUT2D eigenvalue weighted by molar-refractivity contribution is 9.09. The molecule has 0 bridgehead atoms. The fraction of sp³-hybridized carbons (Fsp3) is 0.727. The summed E-state index contributed by atoms with van der Waals surface area (Å²) in [6.07, 6.45) is 7.94. The lowest BCUT2D eigenvalue weighted by Crippen LogP contribution is -1.86. The molecular formula is C11H17BrO2. The van der Waals surface area contributed by atoms with Gasteiger partial charge in [0, 0.05) is 17.7 Å². The predicted molar refractivity (Wildman–Crippen MR) is 61.5 cm³/mol. The molecule has 80 valence electrons. The minimum Gasteiger partial charge on any atom is -0.472 e. The summed E-state index contributed by atoms with van der Waals surface area (Å²) in [4.78, 5) is 10.0. The first-order chi connectivity index (χ1) is 6.77. The molecule has 14 heavy (non-hydrogen) atoms. The molecule has 3 heteroatoms. The molecule has 0 atom stereocenters. The topological polar surface area (TPSA) is 37.3 Å². The SMILES string of the molecule is O=C(O)C#CCCCCCCCCBr. The van der Waals surface area contributed by atoms with Crippen molar-refractivity contribution < 1.29 is 9.90 Å². The molecule has 0 aromatic carbocycles. The summed E-state index contributed by atoms with van der Waals surface area (Å²) in [5.41, 5.74) is 0. The number of carboxylic acid groups (broad SMARTS) is 1. The van der Waals surface area contributed by atoms with Gasteiger partial charge in [-0.05, 0) is 12.8 Å². The van der Waals surface area contributed by atoms with Crippen LogP contribution in [0.25, 0.3) is 0 Å². The summed E-state index contributed by atoms with van der Waals surface area (Å²) in [6, 6.07) is 0. The molecule has 0 amide bonds. The Balaban J connectivity index is 3.07. The molecule has 0 aliphatic carbocycles. The number of hydrogen-bond donors (Lipinski definition) is 1. The van der Waals surface area contributed by atoms with Gasteiger partial charge in [-0.25, -0.2) is 4.79 Å². The minimum absolute atomic E-state index is 0.713. The zero-order chi connectivity index (χ0) is 10.6. The number of halogens is 1. The quantitative estimate of drug-likeness (QED) is 0.434. The Kier molecular flexibility index (Phi) is 10.2. The number of carbonyl (C=O) groups is 1. The van der Waals surface area contributed by atoms with Gasteiger partial charge in [0.05, 0.1) is 0 Å². The number of carboxylic acids is 1. The standard InChI is InChI=1S/C11H17BrO2/c12-10-8-6-4-2-1-3-5-7-9-11(13)14/h1-6,8,10H2,(H,13,14). The van der Waals surface area contributed by atoms with E-state index in [1.807, 2.05) is 0 Å². The molecule has 0 unspecified atom stereocenters. The van der Waals surface area contributed by atoms with Gasteiger partial charge < -0.3 is 5.11 Å². The zero-order valence-electron chi connectivity index (χ0n) is 8.39. The third kappa shape index (κ3) is 11.5. The van der Waals surface area contributed by atoms with Gasteiger partial charge in [0.15, 0.2) is 0 Å². The molecule has 0 aliphatic rings. The molecule has 0 saturated carbocycles. The second kappa shape index (κ2) is 10.6. The first-order valence-electron chi connectivity index (χ1n) is 5.05. The van der Waals surface area contributed by atoms with E-state index < -0.39 is 5.97 Å². The highest BCUT2D eigenvalue weighted by Gasteiger charge is 1.89. The van der Waals surface area contributed by atoms with Crippen LogP contribution in [0.1, 0.15) is 44.9 Å². The fourth-order valence-corrected chi connectivity index (χ4v) is 1.55. The van der Waals surface area contributed by atoms with Gasteiger partial charge in [0.1, 0.15) is 0 Å². The molecule has 0 aliphatic heterocycles. The summed E-state index contributed by atoms with van der Waals surface area (Å²) >= 11 is 3.39. The van der Waals surface area contributed by atoms with Gasteiger partial charge in [-0.15, -0.1) is 0 Å². The van der Waals surface area contributed by atoms with E-state index in [1.165, 1.54) is 25.7 Å². The zero-order valence-corrected chi connectivity index (χ0v) is 9.98. The van der Waals surface area contributed by atoms with Crippen molar-refractivity contribution in [1.82, 2.24) is 0 Å². The number of hydrogen-bond acceptors (Lipinski definition) is 1. The fourth-order valence-electron chi connectivity index (χ4n) is 1.15. The van der Waals surface area contributed by atoms with Crippen molar-refractivity contribution in [3.8, 4) is 11.8 Å². The molecule has 1 N–H and O–H groups in total. The summed E-state index contributed by atoms with van der Waals surface area (Å²) in [5, 5.41) is 9.33. The van der Waals surface area contributed by atoms with Gasteiger partial charge in [0.2, 0.25) is 0 Å². The molecule has 0 saturated heterocycles. The lowest BCUT2D eigenvalue weighted by molar-refractivity contribution is -0.130. The van der Waals surface area contributed by atoms with Crippen LogP contribution < -0.4 is 0 Å². The van der Waals surface area contributed by atoms with Crippen LogP contribution in [0, 0.1) is 11.8 Å². The van der Waals surface area contributed by atoms with E-state index in [4.69, 9.17) is 5.11 Å². The molecule has 0 rings (SSSR count). The van der Waals surface area contributed by atoms with E-state index in [0.717, 1.165) is 18.2 Å². The third-order valence-corrected chi connectivity index (χ3v) is 2.44. The van der Waals surface area contributed by atoms with Crippen molar-refractivity contribution >= 4 is 21.9 Å². The average molecular weight is 261 g/mol. The second-order valence-corrected chi connectivity index (χ2v) is 3.96. The lowest BCUT2D eigenvalue weighted by Gasteiger charge is -1.97. The smallest absolute Gasteiger partial charge is 0.381 e. The average Bonchev–Trinajstić information content (AvgIpc) is 2.15. The van der Waals surface area contributed by atoms with Crippen LogP contribution in [-0.2, 0) is 4.79 Å². The van der Waals surface area contributed by atoms with Gasteiger partial charge >= 0.3 is 5.97 Å². The summed E-state index contributed by atoms with van der Waals surface area (Å²) in [5.74, 6) is 3.72. The van der Waals surface area contributed by atoms with E-state index in [2.05, 4.69) is 27.8 Å². The van der Waals surface area contributed by atoms with Crippen LogP contribution in [0.4, 0.5) is 0 Å². The predicted octanol–water partition coefficient (Wildman–Crippen LogP) is 3.20. The van der Waals surface area contributed by atoms with Crippen molar-refractivity contribution in [3.63, 3.8) is 0 Å². The van der Waals surface area contributed by atoms with Crippen molar-refractivity contribution in [1.29, 1.82) is 0 Å². The Labute approximate surface area is 94.2 Å². The highest BCUT2D eigenvalue weighted by atomic mass is 79.9. The molecule has 0 spiro atoms. The number of aliphatic carboxylic acids is 1. The molecule has 0 aromatic heterocycles. The largest absolute Gasteiger partial charge is 0.472 e. The van der Waals surface area contributed by atoms with Crippen molar-refractivity contribution in [2.45, 2.75) is 44.9 Å². The number of alkyl halides is 1. The molecule has 0 aromatic rings. The van der Waals surface area contributed by atoms with Crippen LogP contribution in [-0.4, -0.2) is 16.4 Å². The van der Waals surface area contributed by atoms with E-state index >= 15 is 0 Å². The van der Waals surface area contributed by atoms with Crippen LogP contribution in [0.15, 0.2) is 0 Å². The molecule has 0 heterocycles. The molecule has 0 radical (unpaired) electrons. The van der Waals surface area contributed by atoms with Crippen LogP contribution >= 0.6 is 15.9 Å². The van der Waals surface area contributed by atoms with Gasteiger partial charge in [-0.1, -0.05) is 47.5 Å². The van der Waals surface area contributed by atoms with Gasteiger partial charge in [0.25, 0.3) is 0 Å². The van der Waals surface area contributed by atoms with Crippen LogP contribution in [0.2, 0.25) is 0 Å².